The zero-order valence-electron chi connectivity index (χ0n) is 11.9. The van der Waals surface area contributed by atoms with Crippen molar-refractivity contribution in [2.24, 2.45) is 0 Å². The highest BCUT2D eigenvalue weighted by molar-refractivity contribution is 7.89. The molecule has 0 bridgehead atoms. The van der Waals surface area contributed by atoms with Crippen LogP contribution in [0.5, 0.6) is 0 Å². The lowest BCUT2D eigenvalue weighted by Gasteiger charge is -2.24. The van der Waals surface area contributed by atoms with Crippen LogP contribution >= 0.6 is 0 Å². The predicted molar refractivity (Wildman–Crippen MR) is 76.6 cm³/mol. The molecule has 1 aliphatic heterocycles. The number of benzene rings is 1. The zero-order valence-corrected chi connectivity index (χ0v) is 12.7. The molecule has 1 atom stereocenters. The monoisotopic (exact) mass is 300 g/mol. The van der Waals surface area contributed by atoms with Crippen molar-refractivity contribution in [2.75, 3.05) is 19.6 Å². The highest BCUT2D eigenvalue weighted by atomic mass is 32.2. The van der Waals surface area contributed by atoms with Gasteiger partial charge in [0.2, 0.25) is 10.0 Å². The molecule has 0 spiro atoms. The Morgan fingerprint density at radius 1 is 1.45 bits per heavy atom. The van der Waals surface area contributed by atoms with Crippen LogP contribution in [0.25, 0.3) is 0 Å². The minimum Gasteiger partial charge on any atom is -0.313 e. The predicted octanol–water partition coefficient (Wildman–Crippen LogP) is 1.90. The first kappa shape index (κ1) is 15.4. The molecule has 1 aliphatic rings. The van der Waals surface area contributed by atoms with Crippen molar-refractivity contribution in [1.82, 2.24) is 9.62 Å². The topological polar surface area (TPSA) is 49.4 Å². The molecule has 1 unspecified atom stereocenters. The molecule has 2 rings (SSSR count). The van der Waals surface area contributed by atoms with E-state index in [0.717, 1.165) is 25.5 Å². The summed E-state index contributed by atoms with van der Waals surface area (Å²) < 4.78 is 40.1. The molecule has 1 heterocycles. The first-order valence-electron chi connectivity index (χ1n) is 6.95. The summed E-state index contributed by atoms with van der Waals surface area (Å²) in [6.45, 7) is 5.18. The molecule has 0 aliphatic carbocycles. The van der Waals surface area contributed by atoms with E-state index in [1.807, 2.05) is 0 Å². The second kappa shape index (κ2) is 6.20. The number of sulfonamides is 1. The first-order chi connectivity index (χ1) is 9.45. The Kier molecular flexibility index (Phi) is 4.78. The molecule has 1 saturated heterocycles. The van der Waals surface area contributed by atoms with Gasteiger partial charge in [-0.1, -0.05) is 13.0 Å². The highest BCUT2D eigenvalue weighted by Gasteiger charge is 2.27. The van der Waals surface area contributed by atoms with Crippen LogP contribution in [0.2, 0.25) is 0 Å². The number of aryl methyl sites for hydroxylation is 1. The molecule has 112 valence electrons. The number of hydrogen-bond acceptors (Lipinski definition) is 3. The van der Waals surface area contributed by atoms with Gasteiger partial charge in [0.1, 0.15) is 5.82 Å². The summed E-state index contributed by atoms with van der Waals surface area (Å²) >= 11 is 0. The fourth-order valence-electron chi connectivity index (χ4n) is 2.44. The van der Waals surface area contributed by atoms with Crippen molar-refractivity contribution in [1.29, 1.82) is 0 Å². The second-order valence-corrected chi connectivity index (χ2v) is 7.10. The molecular formula is C14H21FN2O2S. The SMILES string of the molecule is CCN(CC1CCCN1)S(=O)(=O)c1ccc(C)c(F)c1. The summed E-state index contributed by atoms with van der Waals surface area (Å²) in [4.78, 5) is 0.0282. The smallest absolute Gasteiger partial charge is 0.243 e. The average Bonchev–Trinajstić information content (AvgIpc) is 2.91. The molecule has 1 N–H and O–H groups in total. The number of likely N-dealkylation sites (N-methyl/N-ethyl adjacent to an activating group) is 1. The third-order valence-corrected chi connectivity index (χ3v) is 5.66. The third kappa shape index (κ3) is 3.19. The van der Waals surface area contributed by atoms with E-state index < -0.39 is 15.8 Å². The lowest BCUT2D eigenvalue weighted by molar-refractivity contribution is 0.382. The van der Waals surface area contributed by atoms with Crippen molar-refractivity contribution >= 4 is 10.0 Å². The molecule has 1 aromatic rings. The Bertz CT molecular complexity index is 569. The van der Waals surface area contributed by atoms with Crippen molar-refractivity contribution < 1.29 is 12.8 Å². The largest absolute Gasteiger partial charge is 0.313 e. The summed E-state index contributed by atoms with van der Waals surface area (Å²) in [5.41, 5.74) is 0.449. The molecule has 1 fully saturated rings. The van der Waals surface area contributed by atoms with Crippen molar-refractivity contribution in [3.63, 3.8) is 0 Å². The average molecular weight is 300 g/mol. The van der Waals surface area contributed by atoms with Gasteiger partial charge in [-0.05, 0) is 44.0 Å². The maximum atomic E-state index is 13.6. The molecular weight excluding hydrogens is 279 g/mol. The van der Waals surface area contributed by atoms with Gasteiger partial charge in [-0.2, -0.15) is 4.31 Å². The van der Waals surface area contributed by atoms with Gasteiger partial charge in [-0.25, -0.2) is 12.8 Å². The third-order valence-electron chi connectivity index (χ3n) is 3.72. The van der Waals surface area contributed by atoms with Crippen LogP contribution in [0, 0.1) is 12.7 Å². The summed E-state index contributed by atoms with van der Waals surface area (Å²) in [6, 6.07) is 4.28. The Balaban J connectivity index is 2.23. The van der Waals surface area contributed by atoms with Gasteiger partial charge in [0.05, 0.1) is 4.90 Å². The van der Waals surface area contributed by atoms with Gasteiger partial charge in [0.25, 0.3) is 0 Å². The Labute approximate surface area is 120 Å². The molecule has 20 heavy (non-hydrogen) atoms. The quantitative estimate of drug-likeness (QED) is 0.903. The maximum Gasteiger partial charge on any atom is 0.243 e. The van der Waals surface area contributed by atoms with Crippen molar-refractivity contribution in [3.05, 3.63) is 29.6 Å². The molecule has 4 nitrogen and oxygen atoms in total. The van der Waals surface area contributed by atoms with Gasteiger partial charge in [-0.15, -0.1) is 0 Å². The molecule has 1 aromatic carbocycles. The van der Waals surface area contributed by atoms with Crippen molar-refractivity contribution in [3.8, 4) is 0 Å². The number of hydrogen-bond donors (Lipinski definition) is 1. The first-order valence-corrected chi connectivity index (χ1v) is 8.39. The number of nitrogens with zero attached hydrogens (tertiary/aromatic N) is 1. The van der Waals surface area contributed by atoms with E-state index in [4.69, 9.17) is 0 Å². The van der Waals surface area contributed by atoms with Gasteiger partial charge in [0, 0.05) is 19.1 Å². The summed E-state index contributed by atoms with van der Waals surface area (Å²) in [5.74, 6) is -0.485. The zero-order chi connectivity index (χ0) is 14.8. The lowest BCUT2D eigenvalue weighted by atomic mass is 10.2. The molecule has 0 saturated carbocycles. The van der Waals surface area contributed by atoms with E-state index in [1.54, 1.807) is 13.8 Å². The van der Waals surface area contributed by atoms with Crippen LogP contribution in [0.15, 0.2) is 23.1 Å². The Morgan fingerprint density at radius 3 is 2.75 bits per heavy atom. The van der Waals surface area contributed by atoms with Crippen LogP contribution in [0.3, 0.4) is 0 Å². The fourth-order valence-corrected chi connectivity index (χ4v) is 3.95. The summed E-state index contributed by atoms with van der Waals surface area (Å²) in [5, 5.41) is 3.29. The number of nitrogens with one attached hydrogen (secondary N) is 1. The van der Waals surface area contributed by atoms with Crippen LogP contribution < -0.4 is 5.32 Å². The minimum absolute atomic E-state index is 0.0282. The van der Waals surface area contributed by atoms with Crippen molar-refractivity contribution in [2.45, 2.75) is 37.6 Å². The summed E-state index contributed by atoms with van der Waals surface area (Å²) in [6.07, 6.45) is 2.05. The highest BCUT2D eigenvalue weighted by Crippen LogP contribution is 2.20. The maximum absolute atomic E-state index is 13.6. The van der Waals surface area contributed by atoms with Crippen LogP contribution in [-0.2, 0) is 10.0 Å². The van der Waals surface area contributed by atoms with Crippen LogP contribution in [-0.4, -0.2) is 38.4 Å². The Morgan fingerprint density at radius 2 is 2.20 bits per heavy atom. The van der Waals surface area contributed by atoms with E-state index in [0.29, 0.717) is 18.7 Å². The van der Waals surface area contributed by atoms with Gasteiger partial charge in [-0.3, -0.25) is 0 Å². The normalized spacial score (nSPS) is 19.7. The molecule has 0 amide bonds. The van der Waals surface area contributed by atoms with Gasteiger partial charge in [0.15, 0.2) is 0 Å². The number of halogens is 1. The standard InChI is InChI=1S/C14H21FN2O2S/c1-3-17(10-12-5-4-8-16-12)20(18,19)13-7-6-11(2)14(15)9-13/h6-7,9,12,16H,3-5,8,10H2,1-2H3. The molecule has 0 radical (unpaired) electrons. The Hall–Kier alpha value is -0.980. The van der Waals surface area contributed by atoms with Crippen LogP contribution in [0.4, 0.5) is 4.39 Å². The number of rotatable bonds is 5. The van der Waals surface area contributed by atoms with E-state index >= 15 is 0 Å². The van der Waals surface area contributed by atoms with Gasteiger partial charge >= 0.3 is 0 Å². The lowest BCUT2D eigenvalue weighted by Crippen LogP contribution is -2.40. The van der Waals surface area contributed by atoms with E-state index in [1.165, 1.54) is 16.4 Å². The van der Waals surface area contributed by atoms with E-state index in [-0.39, 0.29) is 10.9 Å². The summed E-state index contributed by atoms with van der Waals surface area (Å²) in [7, 11) is -3.62. The molecule has 6 heteroatoms. The van der Waals surface area contributed by atoms with Crippen LogP contribution in [0.1, 0.15) is 25.3 Å². The van der Waals surface area contributed by atoms with E-state index in [2.05, 4.69) is 5.32 Å². The molecule has 0 aromatic heterocycles. The minimum atomic E-state index is -3.62. The second-order valence-electron chi connectivity index (χ2n) is 5.16. The van der Waals surface area contributed by atoms with E-state index in [9.17, 15) is 12.8 Å². The van der Waals surface area contributed by atoms with Gasteiger partial charge < -0.3 is 5.32 Å². The fraction of sp³-hybridized carbons (Fsp3) is 0.571.